The van der Waals surface area contributed by atoms with E-state index in [1.165, 1.54) is 99.2 Å². The lowest BCUT2D eigenvalue weighted by Crippen LogP contribution is -2.63. The highest BCUT2D eigenvalue weighted by Gasteiger charge is 2.80. The third-order valence-electron chi connectivity index (χ3n) is 25.9. The van der Waals surface area contributed by atoms with Gasteiger partial charge in [0.2, 0.25) is 0 Å². The van der Waals surface area contributed by atoms with Crippen molar-refractivity contribution in [1.29, 1.82) is 0 Å². The van der Waals surface area contributed by atoms with Crippen LogP contribution in [-0.2, 0) is 16.2 Å². The first kappa shape index (κ1) is 36.2. The smallest absolute Gasteiger partial charge is 0.0287 e. The zero-order chi connectivity index (χ0) is 46.6. The highest BCUT2D eigenvalue weighted by Crippen LogP contribution is 2.86. The minimum atomic E-state index is -0.000847. The van der Waals surface area contributed by atoms with Crippen LogP contribution in [0.3, 0.4) is 0 Å². The second-order valence-corrected chi connectivity index (χ2v) is 27.4. The van der Waals surface area contributed by atoms with Crippen LogP contribution in [0.15, 0.2) is 196 Å². The van der Waals surface area contributed by atoms with E-state index in [1.807, 2.05) is 0 Å². The van der Waals surface area contributed by atoms with Crippen molar-refractivity contribution in [3.63, 3.8) is 0 Å². The van der Waals surface area contributed by atoms with E-state index in [9.17, 15) is 0 Å². The zero-order valence-corrected chi connectivity index (χ0v) is 41.3. The zero-order valence-electron chi connectivity index (χ0n) is 41.3. The number of rotatable bonds is 0. The molecule has 0 aliphatic heterocycles. The van der Waals surface area contributed by atoms with Crippen molar-refractivity contribution in [3.8, 4) is 11.1 Å². The van der Waals surface area contributed by atoms with E-state index in [0.29, 0.717) is 53.3 Å². The number of hydrogen-bond acceptors (Lipinski definition) is 0. The molecule has 0 aromatic heterocycles. The minimum absolute atomic E-state index is 0.000847. The van der Waals surface area contributed by atoms with Crippen LogP contribution in [0.2, 0.25) is 0 Å². The standard InChI is InChI=1S/C74H50/c1-2-41-43-16-17-54-51-30-50(51)52-27-37-7-13-46-44-19-22-71-24-25-74(71,56(44)28-38-10-15-48(63(37)61(38)46)68(52)72(54)23-20-55(43)72)58-31-53-65-47-14-9-36-26-49(41)42(3-1)45-12-8-39(62(47)60(36)45)29-57(65)73-32-40(73)11-6-35-5-4-34-18-21-70(33-59(70)71)69(58)64(34)66(53)67(35)73/h1-4,6-19,21-22,26-29,31,37-38,40,44,46,50-51,55,59H,5,20,23-25,30,32-33H2. The van der Waals surface area contributed by atoms with Crippen LogP contribution in [0.1, 0.15) is 84.7 Å². The highest BCUT2D eigenvalue weighted by atomic mass is 14.8. The molecule has 6 fully saturated rings. The summed E-state index contributed by atoms with van der Waals surface area (Å²) in [5.41, 5.74) is 32.0. The Morgan fingerprint density at radius 1 is 0.595 bits per heavy atom. The van der Waals surface area contributed by atoms with E-state index >= 15 is 0 Å². The van der Waals surface area contributed by atoms with Crippen LogP contribution in [0.5, 0.6) is 0 Å². The molecular weight excluding hydrogens is 889 g/mol. The predicted molar refractivity (Wildman–Crippen MR) is 298 cm³/mol. The van der Waals surface area contributed by atoms with Crippen molar-refractivity contribution < 1.29 is 0 Å². The van der Waals surface area contributed by atoms with E-state index < -0.39 is 0 Å². The second kappa shape index (κ2) is 10.5. The maximum Gasteiger partial charge on any atom is 0.0287 e. The lowest BCUT2D eigenvalue weighted by Gasteiger charge is -2.68. The number of benzene rings is 6. The molecule has 6 aromatic carbocycles. The maximum absolute atomic E-state index is 2.95. The van der Waals surface area contributed by atoms with Gasteiger partial charge in [-0.1, -0.05) is 145 Å². The summed E-state index contributed by atoms with van der Waals surface area (Å²) in [7, 11) is 0. The highest BCUT2D eigenvalue weighted by molar-refractivity contribution is 6.32. The van der Waals surface area contributed by atoms with Crippen LogP contribution < -0.4 is 0 Å². The first-order chi connectivity index (χ1) is 36.5. The Labute approximate surface area is 430 Å². The molecule has 18 aliphatic rings. The summed E-state index contributed by atoms with van der Waals surface area (Å²) in [6.07, 6.45) is 51.1. The van der Waals surface area contributed by atoms with Gasteiger partial charge in [0.15, 0.2) is 0 Å². The Balaban J connectivity index is 0.898. The molecule has 74 heavy (non-hydrogen) atoms. The fourth-order valence-electron chi connectivity index (χ4n) is 23.1. The van der Waals surface area contributed by atoms with Crippen LogP contribution >= 0.6 is 0 Å². The summed E-state index contributed by atoms with van der Waals surface area (Å²) in [5, 5.41) is 11.6. The fourth-order valence-corrected chi connectivity index (χ4v) is 23.1. The van der Waals surface area contributed by atoms with Crippen molar-refractivity contribution in [1.82, 2.24) is 0 Å². The summed E-state index contributed by atoms with van der Waals surface area (Å²) < 4.78 is 0. The van der Waals surface area contributed by atoms with Gasteiger partial charge in [-0.25, -0.2) is 0 Å². The van der Waals surface area contributed by atoms with E-state index in [-0.39, 0.29) is 27.1 Å². The molecule has 14 unspecified atom stereocenters. The first-order valence-electron chi connectivity index (χ1n) is 29.2. The number of allylic oxidation sites excluding steroid dienone is 26. The van der Waals surface area contributed by atoms with Gasteiger partial charge in [0.1, 0.15) is 0 Å². The molecule has 0 N–H and O–H groups in total. The number of hydrogen-bond donors (Lipinski definition) is 0. The van der Waals surface area contributed by atoms with Crippen LogP contribution in [0, 0.1) is 64.1 Å². The average molecular weight is 939 g/mol. The maximum atomic E-state index is 2.95. The quantitative estimate of drug-likeness (QED) is 0.0809. The SMILES string of the molecule is C1=CC23CC2C24C=CC5C6=CC7C=CC8=C9C(=CC%10C=CC5C7=C8%10)C5CC5C5=CC=C(c7cccc8c7cc7ccc%10c%11c(cc%12ccc8c7c%12%10)C78CC7C=CC7=C8c8c-%11cc(c3c8C1=CC7)C62CC4)C1CCC591. The summed E-state index contributed by atoms with van der Waals surface area (Å²) in [4.78, 5) is 0. The van der Waals surface area contributed by atoms with E-state index in [0.717, 1.165) is 6.42 Å². The largest absolute Gasteiger partial charge is 0.0801 e. The average Bonchev–Trinajstić information content (AvgIpc) is 4.48. The lowest BCUT2D eigenvalue weighted by molar-refractivity contribution is 0.0120. The van der Waals surface area contributed by atoms with Crippen molar-refractivity contribution in [2.24, 2.45) is 64.1 Å². The second-order valence-electron chi connectivity index (χ2n) is 27.4. The van der Waals surface area contributed by atoms with Crippen molar-refractivity contribution in [3.05, 3.63) is 230 Å². The molecule has 18 aliphatic carbocycles. The third kappa shape index (κ3) is 3.20. The number of fused-ring (bicyclic) bond motifs is 4. The molecule has 0 saturated heterocycles. The lowest BCUT2D eigenvalue weighted by atomic mass is 9.34. The Morgan fingerprint density at radius 3 is 2.47 bits per heavy atom. The monoisotopic (exact) mass is 938 g/mol. The molecule has 0 nitrogen and oxygen atoms in total. The van der Waals surface area contributed by atoms with Crippen LogP contribution in [0.25, 0.3) is 70.9 Å². The molecule has 0 amide bonds. The van der Waals surface area contributed by atoms with E-state index in [2.05, 4.69) is 152 Å². The molecule has 0 heterocycles. The molecule has 0 radical (unpaired) electrons. The normalized spacial score (nSPS) is 42.3. The molecule has 14 atom stereocenters. The Bertz CT molecular complexity index is 4610. The Morgan fingerprint density at radius 2 is 1.54 bits per heavy atom. The summed E-state index contributed by atoms with van der Waals surface area (Å²) in [6, 6.07) is 26.0. The van der Waals surface area contributed by atoms with Gasteiger partial charge >= 0.3 is 0 Å². The third-order valence-corrected chi connectivity index (χ3v) is 25.9. The van der Waals surface area contributed by atoms with Gasteiger partial charge in [-0.15, -0.1) is 0 Å². The van der Waals surface area contributed by atoms with Gasteiger partial charge in [-0.2, -0.15) is 0 Å². The summed E-state index contributed by atoms with van der Waals surface area (Å²) in [5.74, 6) is 4.62. The fraction of sp³-hybridized carbons (Fsp3) is 0.297. The molecule has 24 rings (SSSR count). The molecule has 22 bridgehead atoms. The molecular formula is C74H50. The molecule has 6 saturated carbocycles. The van der Waals surface area contributed by atoms with Crippen molar-refractivity contribution in [2.75, 3.05) is 0 Å². The Hall–Kier alpha value is -6.76. The molecule has 4 spiro atoms. The summed E-state index contributed by atoms with van der Waals surface area (Å²) in [6.45, 7) is 0. The van der Waals surface area contributed by atoms with Crippen molar-refractivity contribution >= 4 is 59.8 Å². The van der Waals surface area contributed by atoms with Crippen LogP contribution in [0.4, 0.5) is 0 Å². The summed E-state index contributed by atoms with van der Waals surface area (Å²) >= 11 is 0. The molecule has 346 valence electrons. The van der Waals surface area contributed by atoms with Crippen LogP contribution in [-0.4, -0.2) is 0 Å². The van der Waals surface area contributed by atoms with Gasteiger partial charge in [0, 0.05) is 50.7 Å². The van der Waals surface area contributed by atoms with Gasteiger partial charge in [0.25, 0.3) is 0 Å². The van der Waals surface area contributed by atoms with Gasteiger partial charge < -0.3 is 0 Å². The molecule has 6 aromatic rings. The Kier molecular flexibility index (Phi) is 5.12. The van der Waals surface area contributed by atoms with Crippen molar-refractivity contribution in [2.45, 2.75) is 67.6 Å². The predicted octanol–water partition coefficient (Wildman–Crippen LogP) is 16.7. The van der Waals surface area contributed by atoms with E-state index in [4.69, 9.17) is 0 Å². The van der Waals surface area contributed by atoms with Gasteiger partial charge in [-0.05, 0) is 237 Å². The van der Waals surface area contributed by atoms with Gasteiger partial charge in [0.05, 0.1) is 0 Å². The van der Waals surface area contributed by atoms with Gasteiger partial charge in [-0.3, -0.25) is 0 Å². The molecule has 0 heteroatoms. The minimum Gasteiger partial charge on any atom is -0.0801 e. The van der Waals surface area contributed by atoms with E-state index in [1.54, 1.807) is 94.7 Å². The first-order valence-corrected chi connectivity index (χ1v) is 29.2. The topological polar surface area (TPSA) is 0 Å².